The van der Waals surface area contributed by atoms with Crippen LogP contribution in [-0.2, 0) is 17.6 Å². The minimum Gasteiger partial charge on any atom is -0.371 e. The van der Waals surface area contributed by atoms with E-state index < -0.39 is 0 Å². The summed E-state index contributed by atoms with van der Waals surface area (Å²) in [6, 6.07) is 26.4. The van der Waals surface area contributed by atoms with E-state index in [1.54, 1.807) is 6.07 Å². The van der Waals surface area contributed by atoms with Crippen LogP contribution in [0.15, 0.2) is 78.9 Å². The summed E-state index contributed by atoms with van der Waals surface area (Å²) in [5.74, 6) is 0.398. The maximum Gasteiger partial charge on any atom is 0.253 e. The number of benzene rings is 3. The lowest BCUT2D eigenvalue weighted by Crippen LogP contribution is -2.36. The molecule has 0 bridgehead atoms. The van der Waals surface area contributed by atoms with Gasteiger partial charge in [-0.2, -0.15) is 0 Å². The van der Waals surface area contributed by atoms with Crippen molar-refractivity contribution in [3.63, 3.8) is 0 Å². The molecule has 0 aliphatic carbocycles. The molecular weight excluding hydrogens is 422 g/mol. The summed E-state index contributed by atoms with van der Waals surface area (Å²) in [7, 11) is 0. The Hall–Kier alpha value is -3.60. The van der Waals surface area contributed by atoms with Crippen molar-refractivity contribution in [1.29, 1.82) is 0 Å². The SMILES string of the molecule is CC(=O)Nc1ccc(N2CCC(Cc3ccccc3)CC2)c(C(=O)NCCc2ccccc2)c1. The summed E-state index contributed by atoms with van der Waals surface area (Å²) in [4.78, 5) is 27.1. The van der Waals surface area contributed by atoms with Crippen LogP contribution in [0.3, 0.4) is 0 Å². The van der Waals surface area contributed by atoms with Gasteiger partial charge in [0.15, 0.2) is 0 Å². The van der Waals surface area contributed by atoms with E-state index >= 15 is 0 Å². The normalized spacial score (nSPS) is 14.0. The number of anilines is 2. The molecular formula is C29H33N3O2. The van der Waals surface area contributed by atoms with Crippen molar-refractivity contribution < 1.29 is 9.59 Å². The van der Waals surface area contributed by atoms with E-state index in [9.17, 15) is 9.59 Å². The first-order chi connectivity index (χ1) is 16.6. The molecule has 176 valence electrons. The third-order valence-electron chi connectivity index (χ3n) is 6.43. The largest absolute Gasteiger partial charge is 0.371 e. The number of nitrogens with one attached hydrogen (secondary N) is 2. The van der Waals surface area contributed by atoms with Gasteiger partial charge in [0, 0.05) is 37.9 Å². The lowest BCUT2D eigenvalue weighted by molar-refractivity contribution is -0.114. The van der Waals surface area contributed by atoms with E-state index in [0.717, 1.165) is 44.5 Å². The molecule has 1 fully saturated rings. The van der Waals surface area contributed by atoms with Crippen LogP contribution in [0.4, 0.5) is 11.4 Å². The summed E-state index contributed by atoms with van der Waals surface area (Å²) in [5, 5.41) is 5.88. The number of carbonyl (C=O) groups is 2. The molecule has 0 atom stereocenters. The highest BCUT2D eigenvalue weighted by molar-refractivity contribution is 6.02. The number of amides is 2. The Balaban J connectivity index is 1.43. The van der Waals surface area contributed by atoms with Crippen LogP contribution in [-0.4, -0.2) is 31.4 Å². The Morgan fingerprint density at radius 2 is 1.53 bits per heavy atom. The van der Waals surface area contributed by atoms with Gasteiger partial charge in [-0.25, -0.2) is 0 Å². The van der Waals surface area contributed by atoms with E-state index in [1.807, 2.05) is 30.3 Å². The summed E-state index contributed by atoms with van der Waals surface area (Å²) in [6.07, 6.45) is 4.07. The molecule has 1 heterocycles. The second kappa shape index (κ2) is 11.5. The Bertz CT molecular complexity index is 1090. The second-order valence-corrected chi connectivity index (χ2v) is 9.02. The topological polar surface area (TPSA) is 61.4 Å². The third kappa shape index (κ3) is 6.47. The standard InChI is InChI=1S/C29H33N3O2/c1-22(33)31-26-12-13-28(27(21-26)29(34)30-17-14-23-8-4-2-5-9-23)32-18-15-25(16-19-32)20-24-10-6-3-7-11-24/h2-13,21,25H,14-20H2,1H3,(H,30,34)(H,31,33). The van der Waals surface area contributed by atoms with Crippen molar-refractivity contribution >= 4 is 23.2 Å². The fourth-order valence-corrected chi connectivity index (χ4v) is 4.66. The number of rotatable bonds is 8. The molecule has 0 spiro atoms. The number of hydrogen-bond acceptors (Lipinski definition) is 3. The summed E-state index contributed by atoms with van der Waals surface area (Å²) in [5.41, 5.74) is 4.77. The van der Waals surface area contributed by atoms with Gasteiger partial charge in [-0.1, -0.05) is 60.7 Å². The molecule has 0 radical (unpaired) electrons. The van der Waals surface area contributed by atoms with E-state index in [2.05, 4.69) is 58.0 Å². The Labute approximate surface area is 202 Å². The lowest BCUT2D eigenvalue weighted by atomic mass is 9.89. The van der Waals surface area contributed by atoms with Crippen molar-refractivity contribution in [2.45, 2.75) is 32.6 Å². The first-order valence-corrected chi connectivity index (χ1v) is 12.1. The van der Waals surface area contributed by atoms with Crippen LogP contribution >= 0.6 is 0 Å². The van der Waals surface area contributed by atoms with Gasteiger partial charge in [0.05, 0.1) is 5.56 Å². The highest BCUT2D eigenvalue weighted by atomic mass is 16.2. The average Bonchev–Trinajstić information content (AvgIpc) is 2.85. The van der Waals surface area contributed by atoms with E-state index in [4.69, 9.17) is 0 Å². The molecule has 5 nitrogen and oxygen atoms in total. The first-order valence-electron chi connectivity index (χ1n) is 12.1. The minimum atomic E-state index is -0.148. The molecule has 5 heteroatoms. The maximum absolute atomic E-state index is 13.2. The smallest absolute Gasteiger partial charge is 0.253 e. The minimum absolute atomic E-state index is 0.107. The zero-order valence-electron chi connectivity index (χ0n) is 19.8. The summed E-state index contributed by atoms with van der Waals surface area (Å²) in [6.45, 7) is 3.87. The number of piperidine rings is 1. The fourth-order valence-electron chi connectivity index (χ4n) is 4.66. The molecule has 0 unspecified atom stereocenters. The van der Waals surface area contributed by atoms with Crippen molar-refractivity contribution in [2.24, 2.45) is 5.92 Å². The predicted molar refractivity (Wildman–Crippen MR) is 138 cm³/mol. The Morgan fingerprint density at radius 3 is 2.18 bits per heavy atom. The van der Waals surface area contributed by atoms with E-state index in [-0.39, 0.29) is 11.8 Å². The zero-order valence-corrected chi connectivity index (χ0v) is 19.8. The molecule has 1 saturated heterocycles. The van der Waals surface area contributed by atoms with Gasteiger partial charge < -0.3 is 15.5 Å². The maximum atomic E-state index is 13.2. The van der Waals surface area contributed by atoms with Crippen molar-refractivity contribution in [3.8, 4) is 0 Å². The average molecular weight is 456 g/mol. The Morgan fingerprint density at radius 1 is 0.882 bits per heavy atom. The van der Waals surface area contributed by atoms with Crippen LogP contribution < -0.4 is 15.5 Å². The van der Waals surface area contributed by atoms with Gasteiger partial charge in [-0.3, -0.25) is 9.59 Å². The highest BCUT2D eigenvalue weighted by Gasteiger charge is 2.23. The zero-order chi connectivity index (χ0) is 23.8. The summed E-state index contributed by atoms with van der Waals surface area (Å²) < 4.78 is 0. The molecule has 34 heavy (non-hydrogen) atoms. The fraction of sp³-hybridized carbons (Fsp3) is 0.310. The monoisotopic (exact) mass is 455 g/mol. The molecule has 1 aliphatic rings. The highest BCUT2D eigenvalue weighted by Crippen LogP contribution is 2.30. The number of hydrogen-bond donors (Lipinski definition) is 2. The number of carbonyl (C=O) groups excluding carboxylic acids is 2. The molecule has 0 saturated carbocycles. The molecule has 1 aliphatic heterocycles. The quantitative estimate of drug-likeness (QED) is 0.498. The van der Waals surface area contributed by atoms with Crippen LogP contribution in [0.5, 0.6) is 0 Å². The van der Waals surface area contributed by atoms with Gasteiger partial charge >= 0.3 is 0 Å². The first kappa shape index (κ1) is 23.6. The van der Waals surface area contributed by atoms with Crippen molar-refractivity contribution in [3.05, 3.63) is 95.6 Å². The van der Waals surface area contributed by atoms with Crippen molar-refractivity contribution in [1.82, 2.24) is 5.32 Å². The van der Waals surface area contributed by atoms with Gasteiger partial charge in [0.2, 0.25) is 5.91 Å². The molecule has 2 amide bonds. The van der Waals surface area contributed by atoms with Crippen LogP contribution in [0.25, 0.3) is 0 Å². The van der Waals surface area contributed by atoms with Gasteiger partial charge in [-0.05, 0) is 60.9 Å². The van der Waals surface area contributed by atoms with E-state index in [1.165, 1.54) is 18.1 Å². The van der Waals surface area contributed by atoms with Crippen molar-refractivity contribution in [2.75, 3.05) is 29.9 Å². The van der Waals surface area contributed by atoms with Gasteiger partial charge in [0.25, 0.3) is 5.91 Å². The van der Waals surface area contributed by atoms with Gasteiger partial charge in [0.1, 0.15) is 0 Å². The lowest BCUT2D eigenvalue weighted by Gasteiger charge is -2.35. The van der Waals surface area contributed by atoms with Gasteiger partial charge in [-0.15, -0.1) is 0 Å². The van der Waals surface area contributed by atoms with Crippen LogP contribution in [0, 0.1) is 5.92 Å². The molecule has 0 aromatic heterocycles. The molecule has 4 rings (SSSR count). The molecule has 2 N–H and O–H groups in total. The third-order valence-corrected chi connectivity index (χ3v) is 6.43. The molecule has 3 aromatic carbocycles. The second-order valence-electron chi connectivity index (χ2n) is 9.02. The molecule has 3 aromatic rings. The van der Waals surface area contributed by atoms with Crippen LogP contribution in [0.1, 0.15) is 41.3 Å². The number of nitrogens with zero attached hydrogens (tertiary/aromatic N) is 1. The summed E-state index contributed by atoms with van der Waals surface area (Å²) >= 11 is 0. The van der Waals surface area contributed by atoms with Crippen LogP contribution in [0.2, 0.25) is 0 Å². The predicted octanol–water partition coefficient (Wildman–Crippen LogP) is 5.08. The van der Waals surface area contributed by atoms with E-state index in [0.29, 0.717) is 23.7 Å². The Kier molecular flexibility index (Phi) is 7.97.